The first-order valence-electron chi connectivity index (χ1n) is 10.2. The molecule has 2 aromatic rings. The summed E-state index contributed by atoms with van der Waals surface area (Å²) in [5.41, 5.74) is 1.48. The molecule has 30 heavy (non-hydrogen) atoms. The Morgan fingerprint density at radius 1 is 1.10 bits per heavy atom. The summed E-state index contributed by atoms with van der Waals surface area (Å²) in [4.78, 5) is 17.8. The van der Waals surface area contributed by atoms with E-state index >= 15 is 0 Å². The minimum absolute atomic E-state index is 0. The summed E-state index contributed by atoms with van der Waals surface area (Å²) in [5.74, 6) is 3.46. The lowest BCUT2D eigenvalue weighted by atomic mass is 9.95. The van der Waals surface area contributed by atoms with Crippen molar-refractivity contribution in [3.05, 3.63) is 42.2 Å². The molecule has 9 heteroatoms. The Labute approximate surface area is 193 Å². The van der Waals surface area contributed by atoms with E-state index < -0.39 is 0 Å². The Kier molecular flexibility index (Phi) is 6.16. The monoisotopic (exact) mass is 522 g/mol. The first-order chi connectivity index (χ1) is 14.3. The van der Waals surface area contributed by atoms with E-state index in [1.165, 1.54) is 18.4 Å². The minimum Gasteiger partial charge on any atom is -0.454 e. The van der Waals surface area contributed by atoms with Crippen LogP contribution < -0.4 is 19.7 Å². The fourth-order valence-electron chi connectivity index (χ4n) is 4.10. The second-order valence-corrected chi connectivity index (χ2v) is 7.77. The van der Waals surface area contributed by atoms with Crippen LogP contribution in [0.15, 0.2) is 41.7 Å². The summed E-state index contributed by atoms with van der Waals surface area (Å²) in [5, 5.41) is 3.62. The van der Waals surface area contributed by atoms with Crippen LogP contribution in [0.25, 0.3) is 0 Å². The highest BCUT2D eigenvalue weighted by molar-refractivity contribution is 14.0. The molecule has 1 saturated heterocycles. The lowest BCUT2D eigenvalue weighted by Crippen LogP contribution is -2.53. The van der Waals surface area contributed by atoms with Crippen LogP contribution in [0.3, 0.4) is 0 Å². The van der Waals surface area contributed by atoms with Crippen LogP contribution >= 0.6 is 24.0 Å². The van der Waals surface area contributed by atoms with E-state index in [1.807, 2.05) is 19.2 Å². The molecule has 0 amide bonds. The first kappa shape index (κ1) is 21.0. The maximum Gasteiger partial charge on any atom is 0.231 e. The average Bonchev–Trinajstić information content (AvgIpc) is 3.43. The van der Waals surface area contributed by atoms with E-state index in [1.54, 1.807) is 12.4 Å². The number of rotatable bonds is 4. The van der Waals surface area contributed by atoms with Gasteiger partial charge in [0.05, 0.1) is 0 Å². The number of anilines is 1. The topological polar surface area (TPSA) is 75.1 Å². The molecular weight excluding hydrogens is 495 g/mol. The molecule has 8 nitrogen and oxygen atoms in total. The van der Waals surface area contributed by atoms with Crippen molar-refractivity contribution in [3.63, 3.8) is 0 Å². The predicted octanol–water partition coefficient (Wildman–Crippen LogP) is 2.25. The Hall–Kier alpha value is -2.30. The maximum atomic E-state index is 5.56. The SMILES string of the molecule is CN=C(NCC1(c2ccc3c(c2)OCO3)CC1)N1CCN(c2ncccn2)CC1.I. The summed E-state index contributed by atoms with van der Waals surface area (Å²) in [6, 6.07) is 8.18. The summed E-state index contributed by atoms with van der Waals surface area (Å²) < 4.78 is 11.0. The molecule has 5 rings (SSSR count). The van der Waals surface area contributed by atoms with Crippen LogP contribution in [-0.2, 0) is 5.41 Å². The zero-order valence-corrected chi connectivity index (χ0v) is 19.4. The fourth-order valence-corrected chi connectivity index (χ4v) is 4.10. The number of fused-ring (bicyclic) bond motifs is 1. The smallest absolute Gasteiger partial charge is 0.231 e. The van der Waals surface area contributed by atoms with Gasteiger partial charge in [-0.1, -0.05) is 6.07 Å². The van der Waals surface area contributed by atoms with Crippen molar-refractivity contribution in [3.8, 4) is 11.5 Å². The van der Waals surface area contributed by atoms with Gasteiger partial charge >= 0.3 is 0 Å². The molecule has 0 bridgehead atoms. The van der Waals surface area contributed by atoms with Gasteiger partial charge in [0.1, 0.15) is 0 Å². The summed E-state index contributed by atoms with van der Waals surface area (Å²) in [6.45, 7) is 4.76. The number of benzene rings is 1. The van der Waals surface area contributed by atoms with E-state index in [-0.39, 0.29) is 29.4 Å². The first-order valence-corrected chi connectivity index (χ1v) is 10.2. The molecule has 0 atom stereocenters. The third-order valence-electron chi connectivity index (χ3n) is 6.05. The molecule has 2 aliphatic heterocycles. The van der Waals surface area contributed by atoms with Crippen LogP contribution in [0.1, 0.15) is 18.4 Å². The summed E-state index contributed by atoms with van der Waals surface area (Å²) in [7, 11) is 1.86. The van der Waals surface area contributed by atoms with Crippen molar-refractivity contribution in [1.82, 2.24) is 20.2 Å². The number of piperazine rings is 1. The molecule has 3 aliphatic rings. The highest BCUT2D eigenvalue weighted by Gasteiger charge is 2.45. The molecule has 1 aromatic carbocycles. The van der Waals surface area contributed by atoms with E-state index in [9.17, 15) is 0 Å². The van der Waals surface area contributed by atoms with Gasteiger partial charge in [0.2, 0.25) is 12.7 Å². The molecule has 0 unspecified atom stereocenters. The van der Waals surface area contributed by atoms with E-state index in [0.29, 0.717) is 6.79 Å². The normalized spacial score (nSPS) is 19.3. The van der Waals surface area contributed by atoms with Crippen molar-refractivity contribution < 1.29 is 9.47 Å². The number of ether oxygens (including phenoxy) is 2. The zero-order chi connectivity index (χ0) is 19.7. The Bertz CT molecular complexity index is 898. The average molecular weight is 522 g/mol. The molecule has 1 aromatic heterocycles. The number of halogens is 1. The van der Waals surface area contributed by atoms with Crippen LogP contribution in [0, 0.1) is 0 Å². The van der Waals surface area contributed by atoms with Gasteiger partial charge < -0.3 is 24.6 Å². The lowest BCUT2D eigenvalue weighted by molar-refractivity contribution is 0.174. The number of guanidine groups is 1. The van der Waals surface area contributed by atoms with Gasteiger partial charge in [-0.25, -0.2) is 9.97 Å². The van der Waals surface area contributed by atoms with E-state index in [4.69, 9.17) is 9.47 Å². The predicted molar refractivity (Wildman–Crippen MR) is 126 cm³/mol. The highest BCUT2D eigenvalue weighted by Crippen LogP contribution is 2.49. The molecule has 0 spiro atoms. The van der Waals surface area contributed by atoms with Gasteiger partial charge in [0.25, 0.3) is 0 Å². The van der Waals surface area contributed by atoms with Crippen molar-refractivity contribution in [1.29, 1.82) is 0 Å². The van der Waals surface area contributed by atoms with Crippen LogP contribution in [0.5, 0.6) is 11.5 Å². The number of hydrogen-bond acceptors (Lipinski definition) is 6. The molecule has 1 saturated carbocycles. The third kappa shape index (κ3) is 4.12. The van der Waals surface area contributed by atoms with Crippen molar-refractivity contribution in [2.75, 3.05) is 51.5 Å². The summed E-state index contributed by atoms with van der Waals surface area (Å²) in [6.07, 6.45) is 5.94. The van der Waals surface area contributed by atoms with E-state index in [2.05, 4.69) is 42.2 Å². The van der Waals surface area contributed by atoms with Gasteiger partial charge in [-0.3, -0.25) is 4.99 Å². The van der Waals surface area contributed by atoms with Gasteiger partial charge in [-0.2, -0.15) is 0 Å². The fraction of sp³-hybridized carbons (Fsp3) is 0.476. The number of aromatic nitrogens is 2. The van der Waals surface area contributed by atoms with Gasteiger partial charge in [-0.15, -0.1) is 24.0 Å². The number of hydrogen-bond donors (Lipinski definition) is 1. The molecular formula is C21H27IN6O2. The number of aliphatic imine (C=N–C) groups is 1. The third-order valence-corrected chi connectivity index (χ3v) is 6.05. The zero-order valence-electron chi connectivity index (χ0n) is 17.1. The molecule has 1 aliphatic carbocycles. The van der Waals surface area contributed by atoms with Crippen LogP contribution in [0.4, 0.5) is 5.95 Å². The Morgan fingerprint density at radius 3 is 2.53 bits per heavy atom. The second kappa shape index (κ2) is 8.83. The quantitative estimate of drug-likeness (QED) is 0.375. The lowest BCUT2D eigenvalue weighted by Gasteiger charge is -2.36. The molecule has 160 valence electrons. The number of nitrogens with zero attached hydrogens (tertiary/aromatic N) is 5. The van der Waals surface area contributed by atoms with Crippen molar-refractivity contribution >= 4 is 35.9 Å². The van der Waals surface area contributed by atoms with Crippen LogP contribution in [0.2, 0.25) is 0 Å². The largest absolute Gasteiger partial charge is 0.454 e. The van der Waals surface area contributed by atoms with Gasteiger partial charge in [0.15, 0.2) is 17.5 Å². The molecule has 2 fully saturated rings. The maximum absolute atomic E-state index is 5.56. The summed E-state index contributed by atoms with van der Waals surface area (Å²) >= 11 is 0. The highest BCUT2D eigenvalue weighted by atomic mass is 127. The minimum atomic E-state index is 0. The number of nitrogens with one attached hydrogen (secondary N) is 1. The Morgan fingerprint density at radius 2 is 1.83 bits per heavy atom. The molecule has 1 N–H and O–H groups in total. The van der Waals surface area contributed by atoms with Crippen molar-refractivity contribution in [2.24, 2.45) is 4.99 Å². The van der Waals surface area contributed by atoms with Gasteiger partial charge in [-0.05, 0) is 36.6 Å². The van der Waals surface area contributed by atoms with Crippen molar-refractivity contribution in [2.45, 2.75) is 18.3 Å². The molecule has 0 radical (unpaired) electrons. The Balaban J connectivity index is 0.00000218. The molecule has 3 heterocycles. The van der Waals surface area contributed by atoms with Gasteiger partial charge in [0, 0.05) is 57.6 Å². The van der Waals surface area contributed by atoms with E-state index in [0.717, 1.165) is 56.1 Å². The second-order valence-electron chi connectivity index (χ2n) is 7.77. The standard InChI is InChI=1S/C21H26N6O2.HI/c1-22-19(26-9-11-27(12-10-26)20-23-7-2-8-24-20)25-14-21(5-6-21)16-3-4-17-18(13-16)29-15-28-17;/h2-4,7-8,13H,5-6,9-12,14-15H2,1H3,(H,22,25);1H. The van der Waals surface area contributed by atoms with Crippen LogP contribution in [-0.4, -0.2) is 67.4 Å².